The van der Waals surface area contributed by atoms with Gasteiger partial charge < -0.3 is 14.4 Å². The van der Waals surface area contributed by atoms with Crippen molar-refractivity contribution < 1.29 is 14.3 Å². The number of esters is 1. The Morgan fingerprint density at radius 2 is 2.26 bits per heavy atom. The first-order chi connectivity index (χ1) is 9.17. The van der Waals surface area contributed by atoms with E-state index in [-0.39, 0.29) is 5.97 Å². The number of hydrogen-bond acceptors (Lipinski definition) is 6. The van der Waals surface area contributed by atoms with Crippen LogP contribution in [0, 0.1) is 6.92 Å². The predicted molar refractivity (Wildman–Crippen MR) is 75.1 cm³/mol. The number of aryl methyl sites for hydroxylation is 1. The zero-order valence-electron chi connectivity index (χ0n) is 11.6. The molecule has 0 aromatic carbocycles. The maximum Gasteiger partial charge on any atom is 0.358 e. The lowest BCUT2D eigenvalue weighted by molar-refractivity contribution is 0.0519. The van der Waals surface area contributed by atoms with Crippen LogP contribution in [0.25, 0.3) is 0 Å². The average molecular weight is 284 g/mol. The molecule has 1 saturated carbocycles. The molecule has 2 rings (SSSR count). The van der Waals surface area contributed by atoms with Gasteiger partial charge in [-0.25, -0.2) is 9.78 Å². The van der Waals surface area contributed by atoms with E-state index in [0.717, 1.165) is 16.6 Å². The van der Waals surface area contributed by atoms with Crippen LogP contribution >= 0.6 is 11.3 Å². The maximum absolute atomic E-state index is 11.8. The first-order valence-corrected chi connectivity index (χ1v) is 7.39. The number of methoxy groups -OCH3 is 1. The van der Waals surface area contributed by atoms with E-state index in [1.54, 1.807) is 25.4 Å². The van der Waals surface area contributed by atoms with E-state index in [1.165, 1.54) is 12.8 Å². The molecule has 0 radical (unpaired) electrons. The van der Waals surface area contributed by atoms with E-state index in [9.17, 15) is 4.79 Å². The van der Waals surface area contributed by atoms with Crippen molar-refractivity contribution in [3.63, 3.8) is 0 Å². The highest BCUT2D eigenvalue weighted by Crippen LogP contribution is 2.35. The van der Waals surface area contributed by atoms with Gasteiger partial charge in [0.25, 0.3) is 0 Å². The molecule has 0 bridgehead atoms. The van der Waals surface area contributed by atoms with Gasteiger partial charge in [0.1, 0.15) is 0 Å². The third kappa shape index (κ3) is 3.45. The molecule has 1 fully saturated rings. The fraction of sp³-hybridized carbons (Fsp3) is 0.692. The van der Waals surface area contributed by atoms with Gasteiger partial charge in [0.05, 0.1) is 13.2 Å². The van der Waals surface area contributed by atoms with E-state index in [4.69, 9.17) is 9.47 Å². The van der Waals surface area contributed by atoms with Crippen molar-refractivity contribution in [2.45, 2.75) is 32.7 Å². The molecule has 0 amide bonds. The van der Waals surface area contributed by atoms with Crippen LogP contribution in [-0.4, -0.2) is 43.9 Å². The average Bonchev–Trinajstić information content (AvgIpc) is 3.13. The Labute approximate surface area is 117 Å². The Hall–Kier alpha value is -1.14. The summed E-state index contributed by atoms with van der Waals surface area (Å²) in [6.45, 7) is 5.58. The van der Waals surface area contributed by atoms with Gasteiger partial charge in [-0.15, -0.1) is 11.3 Å². The quantitative estimate of drug-likeness (QED) is 0.719. The third-order valence-electron chi connectivity index (χ3n) is 3.02. The second kappa shape index (κ2) is 6.34. The van der Waals surface area contributed by atoms with Gasteiger partial charge in [-0.05, 0) is 26.7 Å². The van der Waals surface area contributed by atoms with Gasteiger partial charge in [-0.1, -0.05) is 0 Å². The Morgan fingerprint density at radius 1 is 1.53 bits per heavy atom. The lowest BCUT2D eigenvalue weighted by Gasteiger charge is -2.20. The molecule has 19 heavy (non-hydrogen) atoms. The van der Waals surface area contributed by atoms with E-state index in [2.05, 4.69) is 9.88 Å². The van der Waals surface area contributed by atoms with E-state index in [0.29, 0.717) is 24.9 Å². The summed E-state index contributed by atoms with van der Waals surface area (Å²) in [5.41, 5.74) is 0.449. The van der Waals surface area contributed by atoms with Crippen LogP contribution in [0.1, 0.15) is 35.1 Å². The van der Waals surface area contributed by atoms with Gasteiger partial charge in [-0.3, -0.25) is 0 Å². The highest BCUT2D eigenvalue weighted by Gasteiger charge is 2.31. The summed E-state index contributed by atoms with van der Waals surface area (Å²) in [5.74, 6) is -0.329. The van der Waals surface area contributed by atoms with Crippen molar-refractivity contribution >= 4 is 22.4 Å². The molecule has 0 spiro atoms. The molecule has 1 aromatic rings. The smallest absolute Gasteiger partial charge is 0.358 e. The summed E-state index contributed by atoms with van der Waals surface area (Å²) in [7, 11) is 1.70. The van der Waals surface area contributed by atoms with Crippen molar-refractivity contribution in [2.75, 3.05) is 31.8 Å². The Morgan fingerprint density at radius 3 is 2.84 bits per heavy atom. The zero-order valence-corrected chi connectivity index (χ0v) is 12.5. The molecule has 0 unspecified atom stereocenters. The fourth-order valence-electron chi connectivity index (χ4n) is 1.90. The van der Waals surface area contributed by atoms with Crippen LogP contribution in [0.4, 0.5) is 5.13 Å². The van der Waals surface area contributed by atoms with Crippen molar-refractivity contribution in [3.05, 3.63) is 10.6 Å². The molecule has 0 atom stereocenters. The van der Waals surface area contributed by atoms with Gasteiger partial charge in [0.15, 0.2) is 10.8 Å². The summed E-state index contributed by atoms with van der Waals surface area (Å²) in [6, 6.07) is 0.552. The largest absolute Gasteiger partial charge is 0.461 e. The molecule has 0 aliphatic heterocycles. The second-order valence-corrected chi connectivity index (χ2v) is 5.72. The number of carbonyl (C=O) groups is 1. The second-order valence-electron chi connectivity index (χ2n) is 4.54. The highest BCUT2D eigenvalue weighted by atomic mass is 32.1. The molecule has 1 aliphatic carbocycles. The normalized spacial score (nSPS) is 14.5. The number of aromatic nitrogens is 1. The maximum atomic E-state index is 11.8. The molecule has 1 heterocycles. The van der Waals surface area contributed by atoms with Crippen LogP contribution in [0.2, 0.25) is 0 Å². The minimum absolute atomic E-state index is 0.329. The molecule has 0 N–H and O–H groups in total. The first-order valence-electron chi connectivity index (χ1n) is 6.57. The lowest BCUT2D eigenvalue weighted by atomic mass is 10.4. The number of thiazole rings is 1. The number of anilines is 1. The van der Waals surface area contributed by atoms with Crippen LogP contribution in [0.15, 0.2) is 0 Å². The van der Waals surface area contributed by atoms with E-state index >= 15 is 0 Å². The molecule has 106 valence electrons. The molecule has 5 nitrogen and oxygen atoms in total. The molecule has 6 heteroatoms. The van der Waals surface area contributed by atoms with Crippen LogP contribution < -0.4 is 4.90 Å². The Kier molecular flexibility index (Phi) is 4.76. The van der Waals surface area contributed by atoms with Crippen molar-refractivity contribution in [3.8, 4) is 0 Å². The number of carbonyl (C=O) groups excluding carboxylic acids is 1. The summed E-state index contributed by atoms with van der Waals surface area (Å²) in [4.78, 5) is 19.4. The monoisotopic (exact) mass is 284 g/mol. The number of nitrogens with zero attached hydrogens (tertiary/aromatic N) is 2. The molecular formula is C13H20N2O3S. The summed E-state index contributed by atoms with van der Waals surface area (Å²) in [5, 5.41) is 0.903. The summed E-state index contributed by atoms with van der Waals surface area (Å²) in [6.07, 6.45) is 2.38. The Balaban J connectivity index is 2.14. The number of rotatable bonds is 7. The number of hydrogen-bond donors (Lipinski definition) is 0. The minimum Gasteiger partial charge on any atom is -0.461 e. The molecular weight excluding hydrogens is 264 g/mol. The zero-order chi connectivity index (χ0) is 13.8. The molecule has 0 saturated heterocycles. The molecule has 1 aromatic heterocycles. The first kappa shape index (κ1) is 14.3. The topological polar surface area (TPSA) is 51.7 Å². The van der Waals surface area contributed by atoms with Crippen molar-refractivity contribution in [1.82, 2.24) is 4.98 Å². The SMILES string of the molecule is CCOC(=O)c1nc(N(CCOC)C2CC2)sc1C. The summed E-state index contributed by atoms with van der Waals surface area (Å²) < 4.78 is 10.2. The van der Waals surface area contributed by atoms with Crippen molar-refractivity contribution in [1.29, 1.82) is 0 Å². The highest BCUT2D eigenvalue weighted by molar-refractivity contribution is 7.15. The molecule has 1 aliphatic rings. The minimum atomic E-state index is -0.329. The van der Waals surface area contributed by atoms with E-state index < -0.39 is 0 Å². The van der Waals surface area contributed by atoms with Gasteiger partial charge in [-0.2, -0.15) is 0 Å². The summed E-state index contributed by atoms with van der Waals surface area (Å²) >= 11 is 1.55. The number of ether oxygens (including phenoxy) is 2. The van der Waals surface area contributed by atoms with Crippen molar-refractivity contribution in [2.24, 2.45) is 0 Å². The van der Waals surface area contributed by atoms with Crippen LogP contribution in [0.5, 0.6) is 0 Å². The predicted octanol–water partition coefficient (Wildman–Crippen LogP) is 2.24. The van der Waals surface area contributed by atoms with Gasteiger partial charge >= 0.3 is 5.97 Å². The van der Waals surface area contributed by atoms with Crippen LogP contribution in [-0.2, 0) is 9.47 Å². The Bertz CT molecular complexity index is 443. The van der Waals surface area contributed by atoms with Crippen LogP contribution in [0.3, 0.4) is 0 Å². The van der Waals surface area contributed by atoms with Gasteiger partial charge in [0.2, 0.25) is 0 Å². The van der Waals surface area contributed by atoms with Gasteiger partial charge in [0, 0.05) is 24.6 Å². The lowest BCUT2D eigenvalue weighted by Crippen LogP contribution is -2.29. The third-order valence-corrected chi connectivity index (χ3v) is 4.03. The standard InChI is InChI=1S/C13H20N2O3S/c1-4-18-12(16)11-9(2)19-13(14-11)15(7-8-17-3)10-5-6-10/h10H,4-8H2,1-3H3. The van der Waals surface area contributed by atoms with E-state index in [1.807, 2.05) is 6.92 Å². The fourth-order valence-corrected chi connectivity index (χ4v) is 2.90.